The van der Waals surface area contributed by atoms with Gasteiger partial charge in [-0.05, 0) is 24.3 Å². The minimum Gasteiger partial charge on any atom is -0.476 e. The van der Waals surface area contributed by atoms with Gasteiger partial charge in [0.25, 0.3) is 0 Å². The molecule has 2 heterocycles. The van der Waals surface area contributed by atoms with Crippen LogP contribution in [0.3, 0.4) is 0 Å². The second-order valence-corrected chi connectivity index (χ2v) is 6.40. The Kier molecular flexibility index (Phi) is 4.08. The highest BCUT2D eigenvalue weighted by Crippen LogP contribution is 2.39. The number of hydrogen-bond acceptors (Lipinski definition) is 6. The first-order valence-electron chi connectivity index (χ1n) is 6.33. The maximum absolute atomic E-state index is 11.3. The molecule has 2 aromatic heterocycles. The molecule has 5 nitrogen and oxygen atoms in total. The molecular formula is C15H11N3O2S2. The van der Waals surface area contributed by atoms with E-state index >= 15 is 0 Å². The number of aromatic carboxylic acids is 1. The van der Waals surface area contributed by atoms with Crippen molar-refractivity contribution in [3.63, 3.8) is 0 Å². The summed E-state index contributed by atoms with van der Waals surface area (Å²) in [6.45, 7) is 0. The molecule has 0 amide bonds. The topological polar surface area (TPSA) is 89.1 Å². The van der Waals surface area contributed by atoms with Crippen LogP contribution in [0.5, 0.6) is 0 Å². The molecule has 3 aromatic rings. The minimum atomic E-state index is -1.09. The molecule has 0 aliphatic heterocycles. The van der Waals surface area contributed by atoms with Crippen molar-refractivity contribution in [3.8, 4) is 10.4 Å². The van der Waals surface area contributed by atoms with Crippen molar-refractivity contribution in [3.05, 3.63) is 54.4 Å². The van der Waals surface area contributed by atoms with Crippen LogP contribution in [0.25, 0.3) is 10.4 Å². The molecular weight excluding hydrogens is 318 g/mol. The van der Waals surface area contributed by atoms with Crippen molar-refractivity contribution < 1.29 is 9.90 Å². The Labute approximate surface area is 134 Å². The van der Waals surface area contributed by atoms with Gasteiger partial charge in [0.15, 0.2) is 10.8 Å². The average molecular weight is 329 g/mol. The number of nitrogens with two attached hydrogens (primary N) is 1. The lowest BCUT2D eigenvalue weighted by molar-refractivity contribution is 0.0692. The van der Waals surface area contributed by atoms with E-state index in [1.165, 1.54) is 11.8 Å². The molecule has 0 saturated heterocycles. The Hall–Kier alpha value is -2.38. The summed E-state index contributed by atoms with van der Waals surface area (Å²) in [7, 11) is 0. The zero-order valence-corrected chi connectivity index (χ0v) is 12.9. The SMILES string of the molecule is Nc1nc(C(=O)O)c(-c2cccnc2Sc2ccccc2)s1. The van der Waals surface area contributed by atoms with Gasteiger partial charge in [-0.2, -0.15) is 0 Å². The van der Waals surface area contributed by atoms with Gasteiger partial charge in [0, 0.05) is 16.7 Å². The number of carboxylic acids is 1. The van der Waals surface area contributed by atoms with E-state index in [0.29, 0.717) is 4.88 Å². The normalized spacial score (nSPS) is 10.5. The third-order valence-electron chi connectivity index (χ3n) is 2.82. The van der Waals surface area contributed by atoms with Crippen LogP contribution >= 0.6 is 23.1 Å². The second-order valence-electron chi connectivity index (χ2n) is 4.31. The number of pyridine rings is 1. The molecule has 7 heteroatoms. The van der Waals surface area contributed by atoms with Crippen molar-refractivity contribution in [2.45, 2.75) is 9.92 Å². The number of benzene rings is 1. The Morgan fingerprint density at radius 2 is 1.95 bits per heavy atom. The van der Waals surface area contributed by atoms with Gasteiger partial charge < -0.3 is 10.8 Å². The molecule has 0 unspecified atom stereocenters. The van der Waals surface area contributed by atoms with Gasteiger partial charge in [-0.3, -0.25) is 0 Å². The Balaban J connectivity index is 2.07. The summed E-state index contributed by atoms with van der Waals surface area (Å²) in [6, 6.07) is 13.4. The number of carbonyl (C=O) groups is 1. The predicted octanol–water partition coefficient (Wildman–Crippen LogP) is 3.64. The molecule has 0 aliphatic carbocycles. The molecule has 3 N–H and O–H groups in total. The standard InChI is InChI=1S/C15H11N3O2S2/c16-15-18-11(14(19)20)12(22-15)10-7-4-8-17-13(10)21-9-5-2-1-3-6-9/h1-8H,(H2,16,18)(H,19,20). The zero-order chi connectivity index (χ0) is 15.5. The van der Waals surface area contributed by atoms with Gasteiger partial charge in [0.2, 0.25) is 0 Å². The average Bonchev–Trinajstić information content (AvgIpc) is 2.91. The predicted molar refractivity (Wildman–Crippen MR) is 87.3 cm³/mol. The highest BCUT2D eigenvalue weighted by Gasteiger charge is 2.20. The number of thiazole rings is 1. The van der Waals surface area contributed by atoms with E-state index in [2.05, 4.69) is 9.97 Å². The first-order chi connectivity index (χ1) is 10.6. The highest BCUT2D eigenvalue weighted by atomic mass is 32.2. The third-order valence-corrected chi connectivity index (χ3v) is 4.76. The van der Waals surface area contributed by atoms with Crippen LogP contribution in [0.15, 0.2) is 58.6 Å². The fourth-order valence-electron chi connectivity index (χ4n) is 1.91. The maximum atomic E-state index is 11.3. The highest BCUT2D eigenvalue weighted by molar-refractivity contribution is 7.99. The van der Waals surface area contributed by atoms with Crippen LogP contribution in [0.1, 0.15) is 10.5 Å². The van der Waals surface area contributed by atoms with Gasteiger partial charge >= 0.3 is 5.97 Å². The van der Waals surface area contributed by atoms with Crippen LogP contribution in [-0.4, -0.2) is 21.0 Å². The fourth-order valence-corrected chi connectivity index (χ4v) is 3.73. The van der Waals surface area contributed by atoms with E-state index in [0.717, 1.165) is 26.8 Å². The summed E-state index contributed by atoms with van der Waals surface area (Å²) < 4.78 is 0. The van der Waals surface area contributed by atoms with Crippen molar-refractivity contribution in [1.29, 1.82) is 0 Å². The molecule has 3 rings (SSSR count). The molecule has 110 valence electrons. The smallest absolute Gasteiger partial charge is 0.356 e. The van der Waals surface area contributed by atoms with Crippen LogP contribution in [0, 0.1) is 0 Å². The number of carboxylic acid groups (broad SMARTS) is 1. The first-order valence-corrected chi connectivity index (χ1v) is 7.96. The summed E-state index contributed by atoms with van der Waals surface area (Å²) in [5.41, 5.74) is 6.36. The van der Waals surface area contributed by atoms with Crippen molar-refractivity contribution in [1.82, 2.24) is 9.97 Å². The number of aromatic nitrogens is 2. The Bertz CT molecular complexity index is 819. The van der Waals surface area contributed by atoms with Crippen LogP contribution < -0.4 is 5.73 Å². The number of rotatable bonds is 4. The van der Waals surface area contributed by atoms with Crippen LogP contribution in [0.2, 0.25) is 0 Å². The third kappa shape index (κ3) is 2.95. The minimum absolute atomic E-state index is 0.0367. The Morgan fingerprint density at radius 3 is 2.68 bits per heavy atom. The summed E-state index contributed by atoms with van der Waals surface area (Å²) in [6.07, 6.45) is 1.68. The summed E-state index contributed by atoms with van der Waals surface area (Å²) in [5, 5.41) is 10.2. The van der Waals surface area contributed by atoms with Gasteiger partial charge in [-0.1, -0.05) is 41.3 Å². The number of nitrogens with zero attached hydrogens (tertiary/aromatic N) is 2. The van der Waals surface area contributed by atoms with E-state index in [4.69, 9.17) is 5.73 Å². The molecule has 0 fully saturated rings. The molecule has 0 saturated carbocycles. The lowest BCUT2D eigenvalue weighted by Crippen LogP contribution is -2.00. The van der Waals surface area contributed by atoms with Gasteiger partial charge in [-0.25, -0.2) is 14.8 Å². The summed E-state index contributed by atoms with van der Waals surface area (Å²) in [4.78, 5) is 21.2. The van der Waals surface area contributed by atoms with Crippen molar-refractivity contribution in [2.24, 2.45) is 0 Å². The molecule has 0 aliphatic rings. The summed E-state index contributed by atoms with van der Waals surface area (Å²) in [5.74, 6) is -1.09. The molecule has 0 atom stereocenters. The quantitative estimate of drug-likeness (QED) is 0.759. The van der Waals surface area contributed by atoms with Crippen LogP contribution in [0.4, 0.5) is 5.13 Å². The number of anilines is 1. The molecule has 0 spiro atoms. The van der Waals surface area contributed by atoms with E-state index < -0.39 is 5.97 Å². The van der Waals surface area contributed by atoms with E-state index in [1.807, 2.05) is 36.4 Å². The fraction of sp³-hybridized carbons (Fsp3) is 0. The van der Waals surface area contributed by atoms with Crippen LogP contribution in [-0.2, 0) is 0 Å². The van der Waals surface area contributed by atoms with Crippen molar-refractivity contribution >= 4 is 34.2 Å². The number of nitrogen functional groups attached to an aromatic ring is 1. The lowest BCUT2D eigenvalue weighted by Gasteiger charge is -2.06. The van der Waals surface area contributed by atoms with Gasteiger partial charge in [-0.15, -0.1) is 0 Å². The molecule has 1 aromatic carbocycles. The van der Waals surface area contributed by atoms with E-state index in [9.17, 15) is 9.90 Å². The van der Waals surface area contributed by atoms with E-state index in [-0.39, 0.29) is 10.8 Å². The number of hydrogen-bond donors (Lipinski definition) is 2. The Morgan fingerprint density at radius 1 is 1.18 bits per heavy atom. The van der Waals surface area contributed by atoms with Crippen molar-refractivity contribution in [2.75, 3.05) is 5.73 Å². The van der Waals surface area contributed by atoms with Gasteiger partial charge in [0.1, 0.15) is 5.03 Å². The molecule has 22 heavy (non-hydrogen) atoms. The molecule has 0 bridgehead atoms. The molecule has 0 radical (unpaired) electrons. The first kappa shape index (κ1) is 14.6. The maximum Gasteiger partial charge on any atom is 0.356 e. The lowest BCUT2D eigenvalue weighted by atomic mass is 10.2. The second kappa shape index (κ2) is 6.17. The monoisotopic (exact) mass is 329 g/mol. The summed E-state index contributed by atoms with van der Waals surface area (Å²) >= 11 is 2.63. The zero-order valence-electron chi connectivity index (χ0n) is 11.3. The van der Waals surface area contributed by atoms with Gasteiger partial charge in [0.05, 0.1) is 4.88 Å². The van der Waals surface area contributed by atoms with E-state index in [1.54, 1.807) is 12.3 Å². The largest absolute Gasteiger partial charge is 0.476 e.